The number of likely N-dealkylation sites (N-methyl/N-ethyl adjacent to an activating group) is 1. The molecule has 90 valence electrons. The fourth-order valence-electron chi connectivity index (χ4n) is 1.56. The van der Waals surface area contributed by atoms with Gasteiger partial charge in [-0.3, -0.25) is 0 Å². The highest BCUT2D eigenvalue weighted by Gasteiger charge is 2.09. The summed E-state index contributed by atoms with van der Waals surface area (Å²) >= 11 is 12.0. The van der Waals surface area contributed by atoms with Crippen molar-refractivity contribution in [1.29, 1.82) is 0 Å². The van der Waals surface area contributed by atoms with Crippen LogP contribution in [-0.2, 0) is 11.2 Å². The van der Waals surface area contributed by atoms with Gasteiger partial charge in [0.2, 0.25) is 0 Å². The molecule has 1 atom stereocenters. The molecule has 0 saturated carbocycles. The van der Waals surface area contributed by atoms with E-state index in [2.05, 4.69) is 5.32 Å². The maximum absolute atomic E-state index is 6.12. The molecule has 0 fully saturated rings. The van der Waals surface area contributed by atoms with Crippen molar-refractivity contribution in [1.82, 2.24) is 5.32 Å². The highest BCUT2D eigenvalue weighted by Crippen LogP contribution is 2.22. The van der Waals surface area contributed by atoms with Gasteiger partial charge in [0.25, 0.3) is 0 Å². The van der Waals surface area contributed by atoms with Crippen molar-refractivity contribution < 1.29 is 4.74 Å². The molecule has 0 heterocycles. The van der Waals surface area contributed by atoms with E-state index in [-0.39, 0.29) is 0 Å². The first-order valence-electron chi connectivity index (χ1n) is 5.27. The van der Waals surface area contributed by atoms with Gasteiger partial charge in [0.1, 0.15) is 0 Å². The summed E-state index contributed by atoms with van der Waals surface area (Å²) in [5.74, 6) is 0. The Morgan fingerprint density at radius 1 is 1.38 bits per heavy atom. The fraction of sp³-hybridized carbons (Fsp3) is 0.500. The summed E-state index contributed by atoms with van der Waals surface area (Å²) in [7, 11) is 3.66. The van der Waals surface area contributed by atoms with Gasteiger partial charge in [-0.05, 0) is 37.6 Å². The third-order valence-corrected chi connectivity index (χ3v) is 3.15. The lowest BCUT2D eigenvalue weighted by Crippen LogP contribution is -2.29. The van der Waals surface area contributed by atoms with E-state index in [0.717, 1.165) is 30.0 Å². The number of ether oxygens (including phenoxy) is 1. The van der Waals surface area contributed by atoms with Gasteiger partial charge in [0.15, 0.2) is 0 Å². The molecule has 16 heavy (non-hydrogen) atoms. The molecule has 0 aromatic heterocycles. The van der Waals surface area contributed by atoms with Gasteiger partial charge in [-0.2, -0.15) is 0 Å². The Morgan fingerprint density at radius 2 is 2.12 bits per heavy atom. The molecular weight excluding hydrogens is 245 g/mol. The van der Waals surface area contributed by atoms with Crippen molar-refractivity contribution in [3.63, 3.8) is 0 Å². The highest BCUT2D eigenvalue weighted by atomic mass is 35.5. The second kappa shape index (κ2) is 7.13. The number of benzene rings is 1. The van der Waals surface area contributed by atoms with E-state index in [1.54, 1.807) is 13.2 Å². The van der Waals surface area contributed by atoms with E-state index in [9.17, 15) is 0 Å². The number of methoxy groups -OCH3 is 1. The van der Waals surface area contributed by atoms with E-state index in [4.69, 9.17) is 27.9 Å². The van der Waals surface area contributed by atoms with Crippen LogP contribution in [0, 0.1) is 0 Å². The lowest BCUT2D eigenvalue weighted by atomic mass is 10.0. The zero-order chi connectivity index (χ0) is 12.0. The normalized spacial score (nSPS) is 12.8. The summed E-state index contributed by atoms with van der Waals surface area (Å²) in [5.41, 5.74) is 1.11. The van der Waals surface area contributed by atoms with Crippen LogP contribution in [-0.4, -0.2) is 26.8 Å². The maximum atomic E-state index is 6.12. The van der Waals surface area contributed by atoms with E-state index >= 15 is 0 Å². The summed E-state index contributed by atoms with van der Waals surface area (Å²) < 4.78 is 5.07. The molecule has 1 N–H and O–H groups in total. The van der Waals surface area contributed by atoms with Crippen molar-refractivity contribution in [2.24, 2.45) is 0 Å². The molecule has 4 heteroatoms. The fourth-order valence-corrected chi connectivity index (χ4v) is 2.05. The zero-order valence-corrected chi connectivity index (χ0v) is 11.1. The summed E-state index contributed by atoms with van der Waals surface area (Å²) in [4.78, 5) is 0. The number of rotatable bonds is 6. The van der Waals surface area contributed by atoms with Crippen LogP contribution < -0.4 is 5.32 Å². The third-order valence-electron chi connectivity index (χ3n) is 2.56. The monoisotopic (exact) mass is 261 g/mol. The first-order valence-corrected chi connectivity index (χ1v) is 6.03. The Hall–Kier alpha value is -0.280. The van der Waals surface area contributed by atoms with Gasteiger partial charge in [-0.1, -0.05) is 29.3 Å². The molecule has 0 radical (unpaired) electrons. The maximum Gasteiger partial charge on any atom is 0.0477 e. The van der Waals surface area contributed by atoms with Crippen LogP contribution in [0.2, 0.25) is 10.0 Å². The molecule has 1 rings (SSSR count). The van der Waals surface area contributed by atoms with E-state index in [1.165, 1.54) is 0 Å². The molecule has 0 aliphatic carbocycles. The quantitative estimate of drug-likeness (QED) is 0.850. The Kier molecular flexibility index (Phi) is 6.14. The Bertz CT molecular complexity index is 331. The van der Waals surface area contributed by atoms with Gasteiger partial charge < -0.3 is 10.1 Å². The Labute approximate surface area is 107 Å². The number of hydrogen-bond acceptors (Lipinski definition) is 2. The van der Waals surface area contributed by atoms with Gasteiger partial charge in [0.05, 0.1) is 0 Å². The van der Waals surface area contributed by atoms with Gasteiger partial charge >= 0.3 is 0 Å². The van der Waals surface area contributed by atoms with Crippen LogP contribution in [0.25, 0.3) is 0 Å². The third kappa shape index (κ3) is 4.30. The molecule has 2 nitrogen and oxygen atoms in total. The predicted molar refractivity (Wildman–Crippen MR) is 69.5 cm³/mol. The minimum Gasteiger partial charge on any atom is -0.385 e. The molecule has 0 bridgehead atoms. The molecule has 0 amide bonds. The van der Waals surface area contributed by atoms with Gasteiger partial charge in [-0.15, -0.1) is 0 Å². The lowest BCUT2D eigenvalue weighted by Gasteiger charge is -2.16. The van der Waals surface area contributed by atoms with Crippen LogP contribution in [0.15, 0.2) is 18.2 Å². The smallest absolute Gasteiger partial charge is 0.0477 e. The minimum atomic E-state index is 0.374. The van der Waals surface area contributed by atoms with Crippen LogP contribution in [0.5, 0.6) is 0 Å². The van der Waals surface area contributed by atoms with Crippen LogP contribution in [0.1, 0.15) is 12.0 Å². The van der Waals surface area contributed by atoms with Crippen molar-refractivity contribution >= 4 is 23.2 Å². The van der Waals surface area contributed by atoms with Crippen molar-refractivity contribution in [2.75, 3.05) is 20.8 Å². The van der Waals surface area contributed by atoms with Gasteiger partial charge in [0, 0.05) is 29.8 Å². The first kappa shape index (κ1) is 13.8. The topological polar surface area (TPSA) is 21.3 Å². The molecule has 0 spiro atoms. The molecular formula is C12H17Cl2NO. The second-order valence-corrected chi connectivity index (χ2v) is 4.55. The Balaban J connectivity index is 2.62. The average molecular weight is 262 g/mol. The highest BCUT2D eigenvalue weighted by molar-refractivity contribution is 6.35. The van der Waals surface area contributed by atoms with Crippen molar-refractivity contribution in [2.45, 2.75) is 18.9 Å². The van der Waals surface area contributed by atoms with E-state index in [1.807, 2.05) is 19.2 Å². The molecule has 1 aromatic rings. The predicted octanol–water partition coefficient (Wildman–Crippen LogP) is 3.16. The summed E-state index contributed by atoms with van der Waals surface area (Å²) in [5, 5.41) is 4.66. The van der Waals surface area contributed by atoms with Crippen LogP contribution in [0.3, 0.4) is 0 Å². The molecule has 0 aliphatic rings. The average Bonchev–Trinajstić information content (AvgIpc) is 2.27. The standard InChI is InChI=1S/C12H17Cl2NO/c1-15-11(5-6-16-2)7-9-3-4-10(13)8-12(9)14/h3-4,8,11,15H,5-7H2,1-2H3. The van der Waals surface area contributed by atoms with Crippen molar-refractivity contribution in [3.05, 3.63) is 33.8 Å². The molecule has 1 unspecified atom stereocenters. The van der Waals surface area contributed by atoms with Gasteiger partial charge in [-0.25, -0.2) is 0 Å². The SMILES string of the molecule is CNC(CCOC)Cc1ccc(Cl)cc1Cl. The minimum absolute atomic E-state index is 0.374. The van der Waals surface area contributed by atoms with E-state index < -0.39 is 0 Å². The summed E-state index contributed by atoms with van der Waals surface area (Å²) in [6.45, 7) is 0.747. The Morgan fingerprint density at radius 3 is 2.69 bits per heavy atom. The first-order chi connectivity index (χ1) is 7.67. The summed E-state index contributed by atoms with van der Waals surface area (Å²) in [6, 6.07) is 5.99. The molecule has 1 aromatic carbocycles. The lowest BCUT2D eigenvalue weighted by molar-refractivity contribution is 0.184. The number of halogens is 2. The van der Waals surface area contributed by atoms with Crippen LogP contribution >= 0.6 is 23.2 Å². The number of nitrogens with one attached hydrogen (secondary N) is 1. The zero-order valence-electron chi connectivity index (χ0n) is 9.59. The number of hydrogen-bond donors (Lipinski definition) is 1. The van der Waals surface area contributed by atoms with Crippen LogP contribution in [0.4, 0.5) is 0 Å². The molecule has 0 saturated heterocycles. The largest absolute Gasteiger partial charge is 0.385 e. The van der Waals surface area contributed by atoms with E-state index in [0.29, 0.717) is 11.1 Å². The summed E-state index contributed by atoms with van der Waals surface area (Å²) in [6.07, 6.45) is 1.85. The van der Waals surface area contributed by atoms with Crippen molar-refractivity contribution in [3.8, 4) is 0 Å². The second-order valence-electron chi connectivity index (χ2n) is 3.71. The molecule has 0 aliphatic heterocycles.